The van der Waals surface area contributed by atoms with Gasteiger partial charge in [0.1, 0.15) is 0 Å². The molecule has 79 valence electrons. The Labute approximate surface area is 96.5 Å². The van der Waals surface area contributed by atoms with Gasteiger partial charge in [-0.15, -0.1) is 0 Å². The molecule has 6 nitrogen and oxygen atoms in total. The van der Waals surface area contributed by atoms with Crippen LogP contribution in [0.5, 0.6) is 0 Å². The zero-order valence-electron chi connectivity index (χ0n) is 8.63. The molecule has 0 N–H and O–H groups in total. The Hall–Kier alpha value is -1.29. The van der Waals surface area contributed by atoms with Crippen LogP contribution in [0.1, 0.15) is 0 Å². The van der Waals surface area contributed by atoms with Crippen molar-refractivity contribution in [2.75, 3.05) is 0 Å². The molecule has 2 rings (SSSR count). The number of aromatic nitrogens is 4. The predicted octanol–water partition coefficient (Wildman–Crippen LogP) is -1.41. The summed E-state index contributed by atoms with van der Waals surface area (Å²) in [5.41, 5.74) is 0.180. The van der Waals surface area contributed by atoms with Crippen LogP contribution in [-0.4, -0.2) is 36.6 Å². The van der Waals surface area contributed by atoms with E-state index in [9.17, 15) is 9.59 Å². The van der Waals surface area contributed by atoms with Crippen molar-refractivity contribution in [1.29, 1.82) is 0 Å². The van der Waals surface area contributed by atoms with Crippen LogP contribution in [0, 0.1) is 0 Å². The minimum Gasteiger partial charge on any atom is -0.328 e. The molecule has 0 atom stereocenters. The number of rotatable bonds is 0. The molecule has 0 bridgehead atoms. The minimum atomic E-state index is -0.360. The Morgan fingerprint density at radius 3 is 2.33 bits per heavy atom. The van der Waals surface area contributed by atoms with Crippen molar-refractivity contribution in [3.63, 3.8) is 0 Å². The summed E-state index contributed by atoms with van der Waals surface area (Å²) < 4.78 is 4.04. The number of hydrogen-bond donors (Lipinski definition) is 0. The Morgan fingerprint density at radius 1 is 1.13 bits per heavy atom. The average Bonchev–Trinajstić information content (AvgIpc) is 2.54. The molecule has 0 aromatic carbocycles. The second-order valence-electron chi connectivity index (χ2n) is 3.23. The van der Waals surface area contributed by atoms with Crippen molar-refractivity contribution in [1.82, 2.24) is 18.7 Å². The minimum absolute atomic E-state index is 0. The van der Waals surface area contributed by atoms with Gasteiger partial charge in [-0.05, 0) is 0 Å². The van der Waals surface area contributed by atoms with Gasteiger partial charge in [0.2, 0.25) is 0 Å². The molecule has 0 saturated carbocycles. The fourth-order valence-corrected chi connectivity index (χ4v) is 1.47. The van der Waals surface area contributed by atoms with Gasteiger partial charge in [0.25, 0.3) is 5.56 Å². The van der Waals surface area contributed by atoms with Crippen molar-refractivity contribution in [2.24, 2.45) is 21.1 Å². The maximum atomic E-state index is 11.7. The summed E-state index contributed by atoms with van der Waals surface area (Å²) in [5, 5.41) is 0. The first-order chi connectivity index (χ1) is 6.54. The van der Waals surface area contributed by atoms with Crippen molar-refractivity contribution in [3.05, 3.63) is 27.2 Å². The molecule has 15 heavy (non-hydrogen) atoms. The number of fused-ring (bicyclic) bond motifs is 1. The number of nitrogens with zero attached hydrogens (tertiary/aromatic N) is 4. The Bertz CT molecular complexity index is 622. The molecule has 0 aliphatic heterocycles. The first-order valence-electron chi connectivity index (χ1n) is 4.11. The van der Waals surface area contributed by atoms with Crippen LogP contribution in [0.2, 0.25) is 0 Å². The number of imidazole rings is 1. The second kappa shape index (κ2) is 3.70. The monoisotopic (exact) mass is 269 g/mol. The molecule has 0 saturated heterocycles. The third-order valence-corrected chi connectivity index (χ3v) is 2.32. The summed E-state index contributed by atoms with van der Waals surface area (Å²) in [4.78, 5) is 27.2. The molecular formula is C8H10AsN4O2. The maximum absolute atomic E-state index is 11.7. The smallest absolute Gasteiger partial charge is 0.328 e. The quantitative estimate of drug-likeness (QED) is 0.552. The molecule has 0 amide bonds. The summed E-state index contributed by atoms with van der Waals surface area (Å²) in [6.07, 6.45) is 1.52. The van der Waals surface area contributed by atoms with Crippen LogP contribution in [0.15, 0.2) is 15.9 Å². The Kier molecular flexibility index (Phi) is 2.90. The Morgan fingerprint density at radius 2 is 1.73 bits per heavy atom. The van der Waals surface area contributed by atoms with E-state index in [-0.39, 0.29) is 29.2 Å². The average molecular weight is 269 g/mol. The van der Waals surface area contributed by atoms with E-state index in [1.807, 2.05) is 0 Å². The van der Waals surface area contributed by atoms with Crippen LogP contribution in [0.25, 0.3) is 11.2 Å². The van der Waals surface area contributed by atoms with Crippen LogP contribution < -0.4 is 11.2 Å². The normalized spacial score (nSPS) is 10.3. The van der Waals surface area contributed by atoms with Gasteiger partial charge in [-0.25, -0.2) is 9.78 Å². The van der Waals surface area contributed by atoms with Crippen LogP contribution in [0.4, 0.5) is 0 Å². The van der Waals surface area contributed by atoms with E-state index in [0.717, 1.165) is 4.57 Å². The van der Waals surface area contributed by atoms with E-state index in [1.54, 1.807) is 18.7 Å². The molecule has 7 heteroatoms. The van der Waals surface area contributed by atoms with E-state index in [2.05, 4.69) is 4.98 Å². The largest absolute Gasteiger partial charge is 0.332 e. The van der Waals surface area contributed by atoms with Gasteiger partial charge < -0.3 is 4.57 Å². The fraction of sp³-hybridized carbons (Fsp3) is 0.375. The van der Waals surface area contributed by atoms with Crippen molar-refractivity contribution in [2.45, 2.75) is 0 Å². The van der Waals surface area contributed by atoms with E-state index in [0.29, 0.717) is 11.2 Å². The third-order valence-electron chi connectivity index (χ3n) is 2.32. The molecular weight excluding hydrogens is 259 g/mol. The summed E-state index contributed by atoms with van der Waals surface area (Å²) in [6.45, 7) is 0. The SMILES string of the molecule is Cn1c(=O)c2c(ncn2C)n(C)c1=O.[As]. The van der Waals surface area contributed by atoms with Crippen molar-refractivity contribution in [3.8, 4) is 0 Å². The van der Waals surface area contributed by atoms with Crippen molar-refractivity contribution >= 4 is 29.1 Å². The summed E-state index contributed by atoms with van der Waals surface area (Å²) in [5.74, 6) is 0. The van der Waals surface area contributed by atoms with Gasteiger partial charge in [0.15, 0.2) is 11.2 Å². The molecule has 0 aliphatic rings. The first-order valence-corrected chi connectivity index (χ1v) is 4.11. The number of hydrogen-bond acceptors (Lipinski definition) is 3. The first kappa shape index (κ1) is 11.8. The van der Waals surface area contributed by atoms with E-state index in [1.165, 1.54) is 17.9 Å². The number of aryl methyl sites for hydroxylation is 2. The van der Waals surface area contributed by atoms with Gasteiger partial charge in [-0.2, -0.15) is 0 Å². The summed E-state index contributed by atoms with van der Waals surface area (Å²) in [7, 11) is 4.77. The van der Waals surface area contributed by atoms with Crippen LogP contribution in [0.3, 0.4) is 0 Å². The van der Waals surface area contributed by atoms with Gasteiger partial charge >= 0.3 is 5.69 Å². The molecule has 0 spiro atoms. The molecule has 2 heterocycles. The van der Waals surface area contributed by atoms with E-state index >= 15 is 0 Å². The van der Waals surface area contributed by atoms with Crippen molar-refractivity contribution < 1.29 is 0 Å². The van der Waals surface area contributed by atoms with Crippen LogP contribution >= 0.6 is 0 Å². The third kappa shape index (κ3) is 1.45. The predicted molar refractivity (Wildman–Crippen MR) is 57.0 cm³/mol. The van der Waals surface area contributed by atoms with Gasteiger partial charge in [-0.3, -0.25) is 13.9 Å². The fourth-order valence-electron chi connectivity index (χ4n) is 1.47. The zero-order valence-corrected chi connectivity index (χ0v) is 10.5. The van der Waals surface area contributed by atoms with E-state index in [4.69, 9.17) is 0 Å². The molecule has 0 aliphatic carbocycles. The Balaban J connectivity index is 0.00000112. The topological polar surface area (TPSA) is 61.8 Å². The van der Waals surface area contributed by atoms with E-state index < -0.39 is 0 Å². The van der Waals surface area contributed by atoms with Gasteiger partial charge in [0.05, 0.1) is 6.33 Å². The summed E-state index contributed by atoms with van der Waals surface area (Å²) >= 11 is 0. The molecule has 0 unspecified atom stereocenters. The van der Waals surface area contributed by atoms with Crippen LogP contribution in [-0.2, 0) is 21.1 Å². The summed E-state index contributed by atoms with van der Waals surface area (Å²) in [6, 6.07) is 0. The van der Waals surface area contributed by atoms with Gasteiger partial charge in [0, 0.05) is 39.1 Å². The maximum Gasteiger partial charge on any atom is 0.332 e. The zero-order chi connectivity index (χ0) is 10.5. The molecule has 2 aromatic rings. The van der Waals surface area contributed by atoms with Gasteiger partial charge in [-0.1, -0.05) is 0 Å². The molecule has 3 radical (unpaired) electrons. The molecule has 2 aromatic heterocycles. The standard InChI is InChI=1S/C8H10N4O2.As/c1-10-4-9-6-5(10)7(13)12(3)8(14)11(6)2;/h4H,1-3H3;. The second-order valence-corrected chi connectivity index (χ2v) is 3.23. The molecule has 0 fully saturated rings.